The predicted molar refractivity (Wildman–Crippen MR) is 133 cm³/mol. The standard InChI is InChI=1S/C26H29ClN4O3/c1-16(2)25(32)31-11-7-20(8-12-31)34-26-28-22-15-21(27)23(29-24(22)30-26)19-5-3-17(4-6-19)18-9-13-33-14-10-18/h3-6,9,15-16,20H,7-8,10-14H2,1-2H3,(H,28,29,30). The van der Waals surface area contributed by atoms with Crippen LogP contribution in [0.25, 0.3) is 28.0 Å². The van der Waals surface area contributed by atoms with Gasteiger partial charge < -0.3 is 19.4 Å². The van der Waals surface area contributed by atoms with Crippen molar-refractivity contribution in [1.29, 1.82) is 0 Å². The number of carbonyl (C=O) groups excluding carboxylic acids is 1. The normalized spacial score (nSPS) is 17.3. The van der Waals surface area contributed by atoms with E-state index in [4.69, 9.17) is 26.1 Å². The number of hydrogen-bond donors (Lipinski definition) is 1. The van der Waals surface area contributed by atoms with Crippen LogP contribution in [0, 0.1) is 5.92 Å². The summed E-state index contributed by atoms with van der Waals surface area (Å²) in [6.07, 6.45) is 4.63. The Kier molecular flexibility index (Phi) is 6.57. The van der Waals surface area contributed by atoms with E-state index in [1.54, 1.807) is 0 Å². The van der Waals surface area contributed by atoms with Gasteiger partial charge in [0.15, 0.2) is 5.65 Å². The van der Waals surface area contributed by atoms with Crippen LogP contribution in [-0.4, -0.2) is 58.2 Å². The highest BCUT2D eigenvalue weighted by Gasteiger charge is 2.26. The second-order valence-electron chi connectivity index (χ2n) is 9.16. The summed E-state index contributed by atoms with van der Waals surface area (Å²) < 4.78 is 11.5. The number of ether oxygens (including phenoxy) is 2. The molecular formula is C26H29ClN4O3. The third-order valence-corrected chi connectivity index (χ3v) is 6.71. The van der Waals surface area contributed by atoms with Crippen LogP contribution in [0.1, 0.15) is 38.7 Å². The zero-order valence-corrected chi connectivity index (χ0v) is 20.3. The molecule has 34 heavy (non-hydrogen) atoms. The maximum atomic E-state index is 12.2. The highest BCUT2D eigenvalue weighted by Crippen LogP contribution is 2.31. The molecule has 2 aliphatic heterocycles. The Morgan fingerprint density at radius 1 is 1.18 bits per heavy atom. The van der Waals surface area contributed by atoms with Gasteiger partial charge in [-0.1, -0.05) is 55.8 Å². The number of amides is 1. The number of benzene rings is 1. The van der Waals surface area contributed by atoms with Crippen LogP contribution in [0.4, 0.5) is 0 Å². The fourth-order valence-corrected chi connectivity index (χ4v) is 4.76. The van der Waals surface area contributed by atoms with E-state index in [2.05, 4.69) is 28.2 Å². The first kappa shape index (κ1) is 22.9. The highest BCUT2D eigenvalue weighted by atomic mass is 35.5. The molecule has 0 unspecified atom stereocenters. The fourth-order valence-electron chi connectivity index (χ4n) is 4.50. The average Bonchev–Trinajstić information content (AvgIpc) is 3.25. The lowest BCUT2D eigenvalue weighted by molar-refractivity contribution is -0.136. The molecule has 178 valence electrons. The third-order valence-electron chi connectivity index (χ3n) is 6.42. The van der Waals surface area contributed by atoms with Crippen LogP contribution in [0.2, 0.25) is 5.02 Å². The molecule has 1 fully saturated rings. The van der Waals surface area contributed by atoms with Crippen LogP contribution < -0.4 is 4.74 Å². The number of aromatic amines is 1. The lowest BCUT2D eigenvalue weighted by Gasteiger charge is -2.32. The molecule has 2 aromatic heterocycles. The number of imidazole rings is 1. The number of H-pyrrole nitrogens is 1. The monoisotopic (exact) mass is 480 g/mol. The Morgan fingerprint density at radius 2 is 1.91 bits per heavy atom. The molecule has 8 heteroatoms. The van der Waals surface area contributed by atoms with E-state index < -0.39 is 0 Å². The molecular weight excluding hydrogens is 452 g/mol. The first-order chi connectivity index (χ1) is 16.5. The minimum absolute atomic E-state index is 0.0127. The van der Waals surface area contributed by atoms with Crippen LogP contribution in [0.5, 0.6) is 6.01 Å². The summed E-state index contributed by atoms with van der Waals surface area (Å²) in [7, 11) is 0. The molecule has 0 saturated carbocycles. The Morgan fingerprint density at radius 3 is 2.59 bits per heavy atom. The number of pyridine rings is 1. The second kappa shape index (κ2) is 9.76. The number of halogens is 1. The van der Waals surface area contributed by atoms with Gasteiger partial charge in [0.1, 0.15) is 6.10 Å². The van der Waals surface area contributed by atoms with Gasteiger partial charge in [0.05, 0.1) is 29.4 Å². The van der Waals surface area contributed by atoms with E-state index in [0.717, 1.165) is 36.9 Å². The van der Waals surface area contributed by atoms with Gasteiger partial charge in [0.2, 0.25) is 5.91 Å². The highest BCUT2D eigenvalue weighted by molar-refractivity contribution is 6.33. The smallest absolute Gasteiger partial charge is 0.296 e. The zero-order chi connectivity index (χ0) is 23.7. The Balaban J connectivity index is 1.29. The van der Waals surface area contributed by atoms with E-state index in [0.29, 0.717) is 42.1 Å². The molecule has 2 aliphatic rings. The number of carbonyl (C=O) groups is 1. The summed E-state index contributed by atoms with van der Waals surface area (Å²) >= 11 is 6.58. The summed E-state index contributed by atoms with van der Waals surface area (Å²) in [6.45, 7) is 6.70. The summed E-state index contributed by atoms with van der Waals surface area (Å²) in [5.41, 5.74) is 5.44. The van der Waals surface area contributed by atoms with Gasteiger partial charge in [-0.05, 0) is 23.6 Å². The minimum atomic E-state index is 0.0127. The van der Waals surface area contributed by atoms with Crippen LogP contribution in [0.15, 0.2) is 36.4 Å². The molecule has 0 spiro atoms. The largest absolute Gasteiger partial charge is 0.461 e. The van der Waals surface area contributed by atoms with Crippen molar-refractivity contribution >= 4 is 34.2 Å². The summed E-state index contributed by atoms with van der Waals surface area (Å²) in [6, 6.07) is 10.6. The van der Waals surface area contributed by atoms with Crippen molar-refractivity contribution in [3.8, 4) is 17.3 Å². The molecule has 5 rings (SSSR count). The number of rotatable bonds is 5. The molecule has 1 saturated heterocycles. The Hall–Kier alpha value is -2.90. The van der Waals surface area contributed by atoms with Gasteiger partial charge in [0, 0.05) is 37.4 Å². The van der Waals surface area contributed by atoms with Gasteiger partial charge in [-0.25, -0.2) is 4.98 Å². The van der Waals surface area contributed by atoms with Crippen LogP contribution in [-0.2, 0) is 9.53 Å². The molecule has 0 aliphatic carbocycles. The maximum Gasteiger partial charge on any atom is 0.296 e. The van der Waals surface area contributed by atoms with Crippen molar-refractivity contribution in [3.05, 3.63) is 47.0 Å². The lowest BCUT2D eigenvalue weighted by Crippen LogP contribution is -2.43. The van der Waals surface area contributed by atoms with E-state index >= 15 is 0 Å². The number of piperidine rings is 1. The summed E-state index contributed by atoms with van der Waals surface area (Å²) in [5.74, 6) is 0.221. The molecule has 7 nitrogen and oxygen atoms in total. The molecule has 0 radical (unpaired) electrons. The van der Waals surface area contributed by atoms with Crippen LogP contribution in [0.3, 0.4) is 0 Å². The number of hydrogen-bond acceptors (Lipinski definition) is 5. The van der Waals surface area contributed by atoms with Gasteiger partial charge >= 0.3 is 0 Å². The van der Waals surface area contributed by atoms with Crippen molar-refractivity contribution in [2.75, 3.05) is 26.3 Å². The number of likely N-dealkylation sites (tertiary alicyclic amines) is 1. The number of nitrogens with one attached hydrogen (secondary N) is 1. The van der Waals surface area contributed by atoms with Gasteiger partial charge in [-0.2, -0.15) is 4.98 Å². The van der Waals surface area contributed by atoms with Crippen molar-refractivity contribution < 1.29 is 14.3 Å². The number of nitrogens with zero attached hydrogens (tertiary/aromatic N) is 3. The van der Waals surface area contributed by atoms with E-state index in [-0.39, 0.29) is 17.9 Å². The van der Waals surface area contributed by atoms with Crippen molar-refractivity contribution in [2.45, 2.75) is 39.2 Å². The minimum Gasteiger partial charge on any atom is -0.461 e. The van der Waals surface area contributed by atoms with Gasteiger partial charge in [-0.3, -0.25) is 4.79 Å². The third kappa shape index (κ3) is 4.81. The number of aromatic nitrogens is 3. The molecule has 1 N–H and O–H groups in total. The molecule has 1 amide bonds. The Bertz CT molecular complexity index is 1210. The van der Waals surface area contributed by atoms with Crippen molar-refractivity contribution in [1.82, 2.24) is 19.9 Å². The lowest BCUT2D eigenvalue weighted by atomic mass is 9.99. The van der Waals surface area contributed by atoms with Crippen molar-refractivity contribution in [2.24, 2.45) is 5.92 Å². The second-order valence-corrected chi connectivity index (χ2v) is 9.57. The summed E-state index contributed by atoms with van der Waals surface area (Å²) in [5, 5.41) is 0.557. The van der Waals surface area contributed by atoms with E-state index in [1.165, 1.54) is 11.1 Å². The van der Waals surface area contributed by atoms with Crippen LogP contribution >= 0.6 is 11.6 Å². The summed E-state index contributed by atoms with van der Waals surface area (Å²) in [4.78, 5) is 26.6. The molecule has 0 atom stereocenters. The topological polar surface area (TPSA) is 80.3 Å². The van der Waals surface area contributed by atoms with Gasteiger partial charge in [-0.15, -0.1) is 0 Å². The first-order valence-corrected chi connectivity index (χ1v) is 12.2. The molecule has 4 heterocycles. The SMILES string of the molecule is CC(C)C(=O)N1CCC(Oc2nc3nc(-c4ccc(C5=CCOCC5)cc4)c(Cl)cc3[nH]2)CC1. The van der Waals surface area contributed by atoms with E-state index in [1.807, 2.05) is 36.9 Å². The average molecular weight is 481 g/mol. The predicted octanol–water partition coefficient (Wildman–Crippen LogP) is 5.11. The maximum absolute atomic E-state index is 12.2. The molecule has 0 bridgehead atoms. The van der Waals surface area contributed by atoms with Crippen molar-refractivity contribution in [3.63, 3.8) is 0 Å². The first-order valence-electron chi connectivity index (χ1n) is 11.9. The fraction of sp³-hybridized carbons (Fsp3) is 0.423. The molecule has 1 aromatic carbocycles. The quantitative estimate of drug-likeness (QED) is 0.549. The molecule has 3 aromatic rings. The van der Waals surface area contributed by atoms with Gasteiger partial charge in [0.25, 0.3) is 6.01 Å². The number of fused-ring (bicyclic) bond motifs is 1. The Labute approximate surface area is 204 Å². The zero-order valence-electron chi connectivity index (χ0n) is 19.5. The van der Waals surface area contributed by atoms with E-state index in [9.17, 15) is 4.79 Å².